The van der Waals surface area contributed by atoms with Crippen LogP contribution in [0.2, 0.25) is 0 Å². The summed E-state index contributed by atoms with van der Waals surface area (Å²) < 4.78 is 27.3. The number of nitrogens with zero attached hydrogens (tertiary/aromatic N) is 1. The molecule has 1 amide bonds. The lowest BCUT2D eigenvalue weighted by Gasteiger charge is -2.27. The Morgan fingerprint density at radius 1 is 1.18 bits per heavy atom. The van der Waals surface area contributed by atoms with E-state index in [9.17, 15) is 13.6 Å². The maximum Gasteiger partial charge on any atom is 0.259 e. The number of amides is 1. The molecule has 1 aliphatic heterocycles. The zero-order valence-electron chi connectivity index (χ0n) is 9.80. The lowest BCUT2D eigenvalue weighted by molar-refractivity contribution is 0.0714. The van der Waals surface area contributed by atoms with Gasteiger partial charge < -0.3 is 4.90 Å². The summed E-state index contributed by atoms with van der Waals surface area (Å²) in [7, 11) is 0. The lowest BCUT2D eigenvalue weighted by atomic mass is 10.1. The summed E-state index contributed by atoms with van der Waals surface area (Å²) in [6.45, 7) is 2.71. The Morgan fingerprint density at radius 3 is 2.47 bits per heavy atom. The van der Waals surface area contributed by atoms with E-state index in [4.69, 9.17) is 0 Å². The van der Waals surface area contributed by atoms with E-state index in [1.165, 1.54) is 17.9 Å². The third-order valence-electron chi connectivity index (χ3n) is 3.14. The first-order chi connectivity index (χ1) is 8.11. The second kappa shape index (κ2) is 4.82. The molecule has 2 rings (SSSR count). The van der Waals surface area contributed by atoms with Crippen LogP contribution < -0.4 is 0 Å². The smallest absolute Gasteiger partial charge is 0.259 e. The van der Waals surface area contributed by atoms with Crippen LogP contribution >= 0.6 is 0 Å². The molecule has 2 nitrogen and oxygen atoms in total. The Kier molecular flexibility index (Phi) is 3.41. The number of carbonyl (C=O) groups is 1. The lowest BCUT2D eigenvalue weighted by Crippen LogP contribution is -2.36. The van der Waals surface area contributed by atoms with Gasteiger partial charge in [0.2, 0.25) is 0 Å². The van der Waals surface area contributed by atoms with Gasteiger partial charge in [0.15, 0.2) is 0 Å². The Morgan fingerprint density at radius 2 is 1.82 bits per heavy atom. The fraction of sp³-hybridized carbons (Fsp3) is 0.462. The maximum atomic E-state index is 13.8. The van der Waals surface area contributed by atoms with Gasteiger partial charge in [0.25, 0.3) is 5.91 Å². The van der Waals surface area contributed by atoms with Crippen LogP contribution in [0.25, 0.3) is 0 Å². The zero-order valence-corrected chi connectivity index (χ0v) is 9.80. The van der Waals surface area contributed by atoms with Crippen LogP contribution in [-0.2, 0) is 0 Å². The van der Waals surface area contributed by atoms with Gasteiger partial charge in [-0.05, 0) is 37.8 Å². The number of benzene rings is 1. The van der Waals surface area contributed by atoms with E-state index >= 15 is 0 Å². The summed E-state index contributed by atoms with van der Waals surface area (Å²) >= 11 is 0. The molecule has 0 bridgehead atoms. The van der Waals surface area contributed by atoms with Gasteiger partial charge in [0, 0.05) is 13.1 Å². The van der Waals surface area contributed by atoms with Gasteiger partial charge in [0.05, 0.1) is 0 Å². The second-order valence-electron chi connectivity index (χ2n) is 4.41. The standard InChI is InChI=1S/C13H15F2NO/c1-9-5-6-10(14)11(12(9)15)13(17)16-7-3-2-4-8-16/h5-6H,2-4,7-8H2,1H3. The molecule has 4 heteroatoms. The molecule has 1 aliphatic rings. The molecule has 0 atom stereocenters. The third kappa shape index (κ3) is 2.30. The highest BCUT2D eigenvalue weighted by molar-refractivity contribution is 5.95. The average Bonchev–Trinajstić information content (AvgIpc) is 2.35. The van der Waals surface area contributed by atoms with Crippen LogP contribution in [0, 0.1) is 18.6 Å². The quantitative estimate of drug-likeness (QED) is 0.738. The SMILES string of the molecule is Cc1ccc(F)c(C(=O)N2CCCCC2)c1F. The van der Waals surface area contributed by atoms with Crippen molar-refractivity contribution >= 4 is 5.91 Å². The molecule has 0 aromatic heterocycles. The molecule has 0 unspecified atom stereocenters. The number of piperidine rings is 1. The molecule has 1 aromatic rings. The van der Waals surface area contributed by atoms with Gasteiger partial charge in [-0.3, -0.25) is 4.79 Å². The first kappa shape index (κ1) is 12.0. The maximum absolute atomic E-state index is 13.8. The van der Waals surface area contributed by atoms with E-state index in [1.54, 1.807) is 0 Å². The zero-order chi connectivity index (χ0) is 12.4. The molecule has 1 heterocycles. The summed E-state index contributed by atoms with van der Waals surface area (Å²) in [5.74, 6) is -2.03. The minimum atomic E-state index is -0.774. The van der Waals surface area contributed by atoms with Gasteiger partial charge in [-0.2, -0.15) is 0 Å². The molecular formula is C13H15F2NO. The first-order valence-electron chi connectivity index (χ1n) is 5.85. The van der Waals surface area contributed by atoms with Crippen molar-refractivity contribution in [3.05, 3.63) is 34.9 Å². The predicted octanol–water partition coefficient (Wildman–Crippen LogP) is 2.90. The number of hydrogen-bond donors (Lipinski definition) is 0. The molecule has 1 aromatic carbocycles. The molecule has 0 saturated carbocycles. The Hall–Kier alpha value is -1.45. The fourth-order valence-corrected chi connectivity index (χ4v) is 2.11. The molecular weight excluding hydrogens is 224 g/mol. The normalized spacial score (nSPS) is 16.1. The number of halogens is 2. The van der Waals surface area contributed by atoms with E-state index in [1.807, 2.05) is 0 Å². The van der Waals surface area contributed by atoms with Gasteiger partial charge >= 0.3 is 0 Å². The monoisotopic (exact) mass is 239 g/mol. The van der Waals surface area contributed by atoms with Crippen LogP contribution in [0.4, 0.5) is 8.78 Å². The summed E-state index contributed by atoms with van der Waals surface area (Å²) in [4.78, 5) is 13.6. The number of rotatable bonds is 1. The van der Waals surface area contributed by atoms with E-state index in [-0.39, 0.29) is 0 Å². The number of hydrogen-bond acceptors (Lipinski definition) is 1. The average molecular weight is 239 g/mol. The van der Waals surface area contributed by atoms with Crippen LogP contribution in [-0.4, -0.2) is 23.9 Å². The highest BCUT2D eigenvalue weighted by atomic mass is 19.1. The summed E-state index contributed by atoms with van der Waals surface area (Å²) in [5.41, 5.74) is -0.112. The van der Waals surface area contributed by atoms with Crippen molar-refractivity contribution in [3.8, 4) is 0 Å². The molecule has 0 aliphatic carbocycles. The molecule has 0 N–H and O–H groups in total. The number of carbonyl (C=O) groups excluding carboxylic acids is 1. The highest BCUT2D eigenvalue weighted by Gasteiger charge is 2.25. The number of likely N-dealkylation sites (tertiary alicyclic amines) is 1. The minimum Gasteiger partial charge on any atom is -0.338 e. The van der Waals surface area contributed by atoms with Gasteiger partial charge in [0.1, 0.15) is 17.2 Å². The van der Waals surface area contributed by atoms with Crippen molar-refractivity contribution in [2.24, 2.45) is 0 Å². The summed E-state index contributed by atoms with van der Waals surface area (Å²) in [6.07, 6.45) is 2.88. The molecule has 0 radical (unpaired) electrons. The minimum absolute atomic E-state index is 0.298. The van der Waals surface area contributed by atoms with Crippen molar-refractivity contribution in [3.63, 3.8) is 0 Å². The van der Waals surface area contributed by atoms with Crippen LogP contribution in [0.5, 0.6) is 0 Å². The van der Waals surface area contributed by atoms with Crippen molar-refractivity contribution < 1.29 is 13.6 Å². The fourth-order valence-electron chi connectivity index (χ4n) is 2.11. The Balaban J connectivity index is 2.32. The van der Waals surface area contributed by atoms with Gasteiger partial charge in [-0.15, -0.1) is 0 Å². The van der Waals surface area contributed by atoms with Crippen molar-refractivity contribution in [2.45, 2.75) is 26.2 Å². The molecule has 1 fully saturated rings. The largest absolute Gasteiger partial charge is 0.338 e. The summed E-state index contributed by atoms with van der Waals surface area (Å²) in [6, 6.07) is 2.49. The van der Waals surface area contributed by atoms with Crippen molar-refractivity contribution in [1.29, 1.82) is 0 Å². The van der Waals surface area contributed by atoms with E-state index < -0.39 is 23.1 Å². The molecule has 0 spiro atoms. The van der Waals surface area contributed by atoms with Crippen molar-refractivity contribution in [2.75, 3.05) is 13.1 Å². The van der Waals surface area contributed by atoms with Crippen LogP contribution in [0.15, 0.2) is 12.1 Å². The van der Waals surface area contributed by atoms with Crippen LogP contribution in [0.3, 0.4) is 0 Å². The molecule has 17 heavy (non-hydrogen) atoms. The topological polar surface area (TPSA) is 20.3 Å². The summed E-state index contributed by atoms with van der Waals surface area (Å²) in [5, 5.41) is 0. The van der Waals surface area contributed by atoms with E-state index in [0.29, 0.717) is 18.7 Å². The predicted molar refractivity (Wildman–Crippen MR) is 60.8 cm³/mol. The van der Waals surface area contributed by atoms with Gasteiger partial charge in [-0.1, -0.05) is 6.07 Å². The van der Waals surface area contributed by atoms with Gasteiger partial charge in [-0.25, -0.2) is 8.78 Å². The first-order valence-corrected chi connectivity index (χ1v) is 5.85. The highest BCUT2D eigenvalue weighted by Crippen LogP contribution is 2.20. The second-order valence-corrected chi connectivity index (χ2v) is 4.41. The number of aryl methyl sites for hydroxylation is 1. The van der Waals surface area contributed by atoms with E-state index in [2.05, 4.69) is 0 Å². The molecule has 1 saturated heterocycles. The van der Waals surface area contributed by atoms with E-state index in [0.717, 1.165) is 25.3 Å². The molecule has 92 valence electrons. The Labute approximate surface area is 99.2 Å². The Bertz CT molecular complexity index is 439. The van der Waals surface area contributed by atoms with Crippen molar-refractivity contribution in [1.82, 2.24) is 4.90 Å². The van der Waals surface area contributed by atoms with Crippen LogP contribution in [0.1, 0.15) is 35.2 Å². The third-order valence-corrected chi connectivity index (χ3v) is 3.14.